The number of hydrogen-bond donors (Lipinski definition) is 0. The van der Waals surface area contributed by atoms with Gasteiger partial charge in [0.15, 0.2) is 6.10 Å². The fourth-order valence-corrected chi connectivity index (χ4v) is 3.59. The second-order valence-corrected chi connectivity index (χ2v) is 8.40. The maximum Gasteiger partial charge on any atom is 0.338 e. The third-order valence-corrected chi connectivity index (χ3v) is 5.96. The highest BCUT2D eigenvalue weighted by molar-refractivity contribution is 7.89. The van der Waals surface area contributed by atoms with Crippen LogP contribution in [0.5, 0.6) is 0 Å². The average molecular weight is 368 g/mol. The van der Waals surface area contributed by atoms with Gasteiger partial charge in [-0.15, -0.1) is 0 Å². The predicted octanol–water partition coefficient (Wildman–Crippen LogP) is 1.49. The molecule has 1 heterocycles. The monoisotopic (exact) mass is 368 g/mol. The fourth-order valence-electron chi connectivity index (χ4n) is 2.64. The fraction of sp³-hybridized carbons (Fsp3) is 0.529. The zero-order valence-corrected chi connectivity index (χ0v) is 15.6. The van der Waals surface area contributed by atoms with Crippen LogP contribution in [0.25, 0.3) is 0 Å². The Bertz CT molecular complexity index is 739. The van der Waals surface area contributed by atoms with Crippen molar-refractivity contribution >= 4 is 21.9 Å². The number of amides is 1. The summed E-state index contributed by atoms with van der Waals surface area (Å²) in [5.74, 6) is -0.932. The van der Waals surface area contributed by atoms with E-state index in [9.17, 15) is 18.0 Å². The van der Waals surface area contributed by atoms with Gasteiger partial charge in [-0.05, 0) is 44.4 Å². The van der Waals surface area contributed by atoms with Gasteiger partial charge in [0.2, 0.25) is 10.0 Å². The molecule has 1 saturated heterocycles. The zero-order valence-electron chi connectivity index (χ0n) is 14.8. The summed E-state index contributed by atoms with van der Waals surface area (Å²) in [7, 11) is -0.812. The molecule has 0 bridgehead atoms. The summed E-state index contributed by atoms with van der Waals surface area (Å²) in [6, 6.07) is 5.61. The van der Waals surface area contributed by atoms with Gasteiger partial charge in [0.05, 0.1) is 10.5 Å². The Morgan fingerprint density at radius 3 is 2.40 bits per heavy atom. The minimum absolute atomic E-state index is 0.00181. The Labute approximate surface area is 148 Å². The Hall–Kier alpha value is -1.93. The van der Waals surface area contributed by atoms with Crippen LogP contribution in [-0.2, 0) is 19.6 Å². The van der Waals surface area contributed by atoms with Gasteiger partial charge in [0.1, 0.15) is 0 Å². The quantitative estimate of drug-likeness (QED) is 0.736. The van der Waals surface area contributed by atoms with Crippen LogP contribution in [0.2, 0.25) is 0 Å². The van der Waals surface area contributed by atoms with Gasteiger partial charge in [-0.1, -0.05) is 6.07 Å². The number of benzene rings is 1. The molecule has 0 aromatic heterocycles. The highest BCUT2D eigenvalue weighted by Crippen LogP contribution is 2.17. The minimum Gasteiger partial charge on any atom is -0.449 e. The number of carbonyl (C=O) groups is 2. The first kappa shape index (κ1) is 19.4. The van der Waals surface area contributed by atoms with Crippen molar-refractivity contribution in [2.75, 3.05) is 27.2 Å². The van der Waals surface area contributed by atoms with Crippen LogP contribution in [-0.4, -0.2) is 62.8 Å². The normalized spacial score (nSPS) is 16.6. The zero-order chi connectivity index (χ0) is 18.6. The van der Waals surface area contributed by atoms with E-state index in [4.69, 9.17) is 4.74 Å². The van der Waals surface area contributed by atoms with Crippen molar-refractivity contribution in [2.45, 2.75) is 37.2 Å². The lowest BCUT2D eigenvalue weighted by Crippen LogP contribution is -2.42. The van der Waals surface area contributed by atoms with E-state index in [1.807, 2.05) is 0 Å². The van der Waals surface area contributed by atoms with Gasteiger partial charge in [-0.25, -0.2) is 17.5 Å². The molecule has 8 heteroatoms. The number of esters is 1. The van der Waals surface area contributed by atoms with E-state index >= 15 is 0 Å². The summed E-state index contributed by atoms with van der Waals surface area (Å²) in [5.41, 5.74) is 0.0984. The largest absolute Gasteiger partial charge is 0.449 e. The molecule has 0 spiro atoms. The van der Waals surface area contributed by atoms with Gasteiger partial charge in [-0.2, -0.15) is 0 Å². The second-order valence-electron chi connectivity index (χ2n) is 6.25. The molecule has 0 aliphatic carbocycles. The number of piperidine rings is 1. The highest BCUT2D eigenvalue weighted by atomic mass is 32.2. The third-order valence-electron chi connectivity index (χ3n) is 4.15. The van der Waals surface area contributed by atoms with Crippen molar-refractivity contribution in [3.05, 3.63) is 29.8 Å². The van der Waals surface area contributed by atoms with Crippen LogP contribution in [0.3, 0.4) is 0 Å². The van der Waals surface area contributed by atoms with Crippen LogP contribution in [0, 0.1) is 0 Å². The van der Waals surface area contributed by atoms with E-state index in [-0.39, 0.29) is 16.4 Å². The first-order chi connectivity index (χ1) is 11.7. The van der Waals surface area contributed by atoms with Gasteiger partial charge in [0, 0.05) is 27.2 Å². The lowest BCUT2D eigenvalue weighted by Gasteiger charge is -2.28. The third kappa shape index (κ3) is 4.58. The van der Waals surface area contributed by atoms with Gasteiger partial charge >= 0.3 is 5.97 Å². The Morgan fingerprint density at radius 2 is 1.80 bits per heavy atom. The van der Waals surface area contributed by atoms with E-state index in [2.05, 4.69) is 0 Å². The Morgan fingerprint density at radius 1 is 1.16 bits per heavy atom. The van der Waals surface area contributed by atoms with E-state index in [0.717, 1.165) is 23.6 Å². The maximum absolute atomic E-state index is 12.3. The molecular weight excluding hydrogens is 344 g/mol. The number of hydrogen-bond acceptors (Lipinski definition) is 5. The van der Waals surface area contributed by atoms with E-state index in [0.29, 0.717) is 13.1 Å². The first-order valence-corrected chi connectivity index (χ1v) is 9.70. The lowest BCUT2D eigenvalue weighted by molar-refractivity contribution is -0.140. The van der Waals surface area contributed by atoms with Crippen molar-refractivity contribution in [2.24, 2.45) is 0 Å². The second kappa shape index (κ2) is 7.97. The minimum atomic E-state index is -3.64. The number of sulfonamides is 1. The molecule has 1 amide bonds. The summed E-state index contributed by atoms with van der Waals surface area (Å²) < 4.78 is 30.6. The summed E-state index contributed by atoms with van der Waals surface area (Å²) in [5, 5.41) is 0. The van der Waals surface area contributed by atoms with Gasteiger partial charge < -0.3 is 9.64 Å². The molecule has 1 aromatic rings. The van der Waals surface area contributed by atoms with Crippen molar-refractivity contribution < 1.29 is 22.7 Å². The van der Waals surface area contributed by atoms with Crippen LogP contribution < -0.4 is 0 Å². The lowest BCUT2D eigenvalue weighted by atomic mass is 10.1. The Balaban J connectivity index is 2.09. The molecule has 1 aliphatic rings. The summed E-state index contributed by atoms with van der Waals surface area (Å²) >= 11 is 0. The smallest absolute Gasteiger partial charge is 0.338 e. The van der Waals surface area contributed by atoms with E-state index < -0.39 is 22.1 Å². The predicted molar refractivity (Wildman–Crippen MR) is 92.6 cm³/mol. The van der Waals surface area contributed by atoms with Crippen LogP contribution in [0.1, 0.15) is 36.5 Å². The van der Waals surface area contributed by atoms with Gasteiger partial charge in [0.25, 0.3) is 5.91 Å². The van der Waals surface area contributed by atoms with Crippen molar-refractivity contribution in [3.63, 3.8) is 0 Å². The molecule has 0 radical (unpaired) electrons. The van der Waals surface area contributed by atoms with Crippen molar-refractivity contribution in [3.8, 4) is 0 Å². The molecule has 25 heavy (non-hydrogen) atoms. The van der Waals surface area contributed by atoms with Crippen molar-refractivity contribution in [1.82, 2.24) is 9.21 Å². The van der Waals surface area contributed by atoms with E-state index in [1.165, 1.54) is 45.3 Å². The molecule has 1 aliphatic heterocycles. The summed E-state index contributed by atoms with van der Waals surface area (Å²) in [6.45, 7) is 2.89. The number of carbonyl (C=O) groups excluding carboxylic acids is 2. The molecule has 138 valence electrons. The van der Waals surface area contributed by atoms with Gasteiger partial charge in [-0.3, -0.25) is 4.79 Å². The SMILES string of the molecule is C[C@@H](OC(=O)c1cccc(S(=O)(=O)N(C)C)c1)C(=O)N1CCCCC1. The maximum atomic E-state index is 12.3. The first-order valence-electron chi connectivity index (χ1n) is 8.26. The molecule has 0 unspecified atom stereocenters. The summed E-state index contributed by atoms with van der Waals surface area (Å²) in [6.07, 6.45) is 2.11. The Kier molecular flexibility index (Phi) is 6.18. The molecular formula is C17H24N2O5S. The number of ether oxygens (including phenoxy) is 1. The summed E-state index contributed by atoms with van der Waals surface area (Å²) in [4.78, 5) is 26.3. The molecule has 1 aromatic carbocycles. The van der Waals surface area contributed by atoms with Crippen molar-refractivity contribution in [1.29, 1.82) is 0 Å². The molecule has 1 fully saturated rings. The van der Waals surface area contributed by atoms with Crippen LogP contribution in [0.15, 0.2) is 29.2 Å². The molecule has 1 atom stereocenters. The molecule has 0 saturated carbocycles. The van der Waals surface area contributed by atoms with Crippen LogP contribution >= 0.6 is 0 Å². The number of likely N-dealkylation sites (tertiary alicyclic amines) is 1. The van der Waals surface area contributed by atoms with Crippen LogP contribution in [0.4, 0.5) is 0 Å². The highest BCUT2D eigenvalue weighted by Gasteiger charge is 2.26. The number of nitrogens with zero attached hydrogens (tertiary/aromatic N) is 2. The number of rotatable bonds is 5. The topological polar surface area (TPSA) is 84.0 Å². The van der Waals surface area contributed by atoms with E-state index in [1.54, 1.807) is 4.90 Å². The molecule has 2 rings (SSSR count). The molecule has 7 nitrogen and oxygen atoms in total. The average Bonchev–Trinajstić information content (AvgIpc) is 2.61. The standard InChI is InChI=1S/C17H24N2O5S/c1-13(16(20)19-10-5-4-6-11-19)24-17(21)14-8-7-9-15(12-14)25(22,23)18(2)3/h7-9,12-13H,4-6,10-11H2,1-3H3/t13-/m1/s1. The molecule has 0 N–H and O–H groups in total.